The number of amides is 1. The second-order valence-corrected chi connectivity index (χ2v) is 9.73. The molecule has 35 heavy (non-hydrogen) atoms. The lowest BCUT2D eigenvalue weighted by atomic mass is 9.60. The van der Waals surface area contributed by atoms with Crippen LogP contribution in [0.1, 0.15) is 37.8 Å². The minimum Gasteiger partial charge on any atom is -0.384 e. The molecule has 0 radical (unpaired) electrons. The average molecular weight is 478 g/mol. The van der Waals surface area contributed by atoms with Crippen LogP contribution in [0.2, 0.25) is 0 Å². The monoisotopic (exact) mass is 478 g/mol. The highest BCUT2D eigenvalue weighted by Gasteiger charge is 2.61. The summed E-state index contributed by atoms with van der Waals surface area (Å²) in [4.78, 5) is 28.5. The molecule has 1 spiro atoms. The molecule has 1 unspecified atom stereocenters. The fraction of sp³-hybridized carbons (Fsp3) is 0.269. The van der Waals surface area contributed by atoms with Gasteiger partial charge < -0.3 is 11.1 Å². The van der Waals surface area contributed by atoms with Gasteiger partial charge in [-0.2, -0.15) is 18.4 Å². The summed E-state index contributed by atoms with van der Waals surface area (Å²) in [5, 5.41) is 13.0. The highest BCUT2D eigenvalue weighted by atomic mass is 19.4. The quantitative estimate of drug-likeness (QED) is 0.616. The number of hydrogen-bond acceptors (Lipinski definition) is 5. The molecule has 0 aromatic heterocycles. The molecule has 2 aliphatic heterocycles. The van der Waals surface area contributed by atoms with Crippen molar-refractivity contribution in [2.24, 2.45) is 11.1 Å². The van der Waals surface area contributed by atoms with Crippen molar-refractivity contribution in [3.8, 4) is 6.07 Å². The van der Waals surface area contributed by atoms with E-state index in [9.17, 15) is 28.0 Å². The summed E-state index contributed by atoms with van der Waals surface area (Å²) in [6.45, 7) is 3.66. The normalized spacial score (nSPS) is 23.3. The Hall–Kier alpha value is -4.06. The molecule has 6 nitrogen and oxygen atoms in total. The number of nitriles is 1. The Morgan fingerprint density at radius 1 is 1.06 bits per heavy atom. The Morgan fingerprint density at radius 2 is 1.71 bits per heavy atom. The van der Waals surface area contributed by atoms with Crippen LogP contribution in [0.5, 0.6) is 0 Å². The number of nitrogens with two attached hydrogens (primary N) is 1. The van der Waals surface area contributed by atoms with E-state index >= 15 is 0 Å². The molecule has 5 rings (SSSR count). The number of rotatable bonds is 1. The Labute approximate surface area is 199 Å². The van der Waals surface area contributed by atoms with E-state index in [0.717, 1.165) is 11.0 Å². The third-order valence-electron chi connectivity index (χ3n) is 6.85. The van der Waals surface area contributed by atoms with Gasteiger partial charge in [-0.05, 0) is 30.0 Å². The average Bonchev–Trinajstić information content (AvgIpc) is 3.05. The van der Waals surface area contributed by atoms with Crippen molar-refractivity contribution in [3.63, 3.8) is 0 Å². The van der Waals surface area contributed by atoms with Gasteiger partial charge in [0.05, 0.1) is 16.8 Å². The Balaban J connectivity index is 1.92. The summed E-state index contributed by atoms with van der Waals surface area (Å²) in [6.07, 6.45) is -4.47. The first-order valence-electron chi connectivity index (χ1n) is 11.0. The maximum Gasteiger partial charge on any atom is 0.418 e. The van der Waals surface area contributed by atoms with Crippen LogP contribution in [0.4, 0.5) is 24.5 Å². The molecule has 0 saturated heterocycles. The van der Waals surface area contributed by atoms with Gasteiger partial charge in [0, 0.05) is 28.9 Å². The molecule has 1 atom stereocenters. The largest absolute Gasteiger partial charge is 0.418 e. The minimum atomic E-state index is -4.72. The number of alkyl halides is 3. The van der Waals surface area contributed by atoms with Gasteiger partial charge in [-0.25, -0.2) is 0 Å². The SMILES string of the molecule is CC1(C)CC(=O)C2=C(C1)N(c1ccccc1C(F)(F)F)C(N)=C(C#N)C21C(=O)Nc2ccccc21. The van der Waals surface area contributed by atoms with Gasteiger partial charge in [-0.1, -0.05) is 44.2 Å². The number of nitrogens with zero attached hydrogens (tertiary/aromatic N) is 2. The number of Topliss-reactive ketones (excluding diaryl/α,β-unsaturated/α-hetero) is 1. The van der Waals surface area contributed by atoms with Gasteiger partial charge in [0.15, 0.2) is 5.78 Å². The summed E-state index contributed by atoms with van der Waals surface area (Å²) < 4.78 is 42.1. The molecule has 178 valence electrons. The lowest BCUT2D eigenvalue weighted by Crippen LogP contribution is -2.52. The molecule has 0 saturated carbocycles. The Bertz CT molecular complexity index is 1410. The maximum atomic E-state index is 14.0. The standard InChI is InChI=1S/C26H21F3N4O2/c1-24(2)11-19-21(20(34)12-24)25(14-7-3-5-9-17(14)32-23(25)35)16(13-30)22(31)33(19)18-10-6-4-8-15(18)26(27,28)29/h3-10H,11-12,31H2,1-2H3,(H,32,35). The van der Waals surface area contributed by atoms with Crippen molar-refractivity contribution >= 4 is 23.1 Å². The zero-order chi connectivity index (χ0) is 25.3. The minimum absolute atomic E-state index is 0.00185. The zero-order valence-electron chi connectivity index (χ0n) is 19.0. The molecule has 1 amide bonds. The predicted molar refractivity (Wildman–Crippen MR) is 123 cm³/mol. The highest BCUT2D eigenvalue weighted by Crippen LogP contribution is 2.57. The van der Waals surface area contributed by atoms with Gasteiger partial charge in [-0.3, -0.25) is 14.5 Å². The molecule has 2 aromatic rings. The van der Waals surface area contributed by atoms with Crippen LogP contribution in [-0.2, 0) is 21.2 Å². The van der Waals surface area contributed by atoms with E-state index in [1.165, 1.54) is 18.2 Å². The Morgan fingerprint density at radius 3 is 2.40 bits per heavy atom. The van der Waals surface area contributed by atoms with E-state index in [1.807, 2.05) is 19.9 Å². The van der Waals surface area contributed by atoms with Crippen molar-refractivity contribution < 1.29 is 22.8 Å². The highest BCUT2D eigenvalue weighted by molar-refractivity contribution is 6.20. The number of ketones is 1. The van der Waals surface area contributed by atoms with Crippen LogP contribution in [0.15, 0.2) is 71.2 Å². The number of halogens is 3. The number of nitrogens with one attached hydrogen (secondary N) is 1. The lowest BCUT2D eigenvalue weighted by Gasteiger charge is -2.47. The van der Waals surface area contributed by atoms with Crippen molar-refractivity contribution in [1.29, 1.82) is 5.26 Å². The van der Waals surface area contributed by atoms with Crippen molar-refractivity contribution in [2.45, 2.75) is 38.3 Å². The molecule has 0 fully saturated rings. The van der Waals surface area contributed by atoms with E-state index in [4.69, 9.17) is 5.73 Å². The molecular weight excluding hydrogens is 457 g/mol. The summed E-state index contributed by atoms with van der Waals surface area (Å²) in [5.41, 5.74) is 3.51. The summed E-state index contributed by atoms with van der Waals surface area (Å²) in [6, 6.07) is 13.5. The molecule has 2 heterocycles. The molecule has 9 heteroatoms. The van der Waals surface area contributed by atoms with Crippen LogP contribution in [0, 0.1) is 16.7 Å². The fourth-order valence-electron chi connectivity index (χ4n) is 5.56. The molecule has 2 aromatic carbocycles. The fourth-order valence-corrected chi connectivity index (χ4v) is 5.56. The van der Waals surface area contributed by atoms with Crippen LogP contribution in [-0.4, -0.2) is 11.7 Å². The van der Waals surface area contributed by atoms with Crippen molar-refractivity contribution in [1.82, 2.24) is 0 Å². The van der Waals surface area contributed by atoms with Crippen LogP contribution in [0.3, 0.4) is 0 Å². The number of benzene rings is 2. The summed E-state index contributed by atoms with van der Waals surface area (Å²) in [7, 11) is 0. The van der Waals surface area contributed by atoms with E-state index in [-0.39, 0.29) is 41.2 Å². The lowest BCUT2D eigenvalue weighted by molar-refractivity contribution is -0.137. The maximum absolute atomic E-state index is 14.0. The molecule has 0 bridgehead atoms. The van der Waals surface area contributed by atoms with E-state index in [2.05, 4.69) is 5.32 Å². The van der Waals surface area contributed by atoms with Crippen molar-refractivity contribution in [2.75, 3.05) is 10.2 Å². The zero-order valence-corrected chi connectivity index (χ0v) is 19.0. The first kappa shape index (κ1) is 22.7. The Kier molecular flexibility index (Phi) is 4.69. The van der Waals surface area contributed by atoms with E-state index in [0.29, 0.717) is 11.3 Å². The van der Waals surface area contributed by atoms with Gasteiger partial charge in [0.2, 0.25) is 5.91 Å². The van der Waals surface area contributed by atoms with Crippen LogP contribution >= 0.6 is 0 Å². The number of carbonyl (C=O) groups excluding carboxylic acids is 2. The van der Waals surface area contributed by atoms with Gasteiger partial charge in [0.25, 0.3) is 0 Å². The number of allylic oxidation sites excluding steroid dienone is 1. The first-order chi connectivity index (χ1) is 16.4. The number of hydrogen-bond donors (Lipinski definition) is 2. The third-order valence-corrected chi connectivity index (χ3v) is 6.85. The van der Waals surface area contributed by atoms with Gasteiger partial charge >= 0.3 is 6.18 Å². The van der Waals surface area contributed by atoms with Gasteiger partial charge in [0.1, 0.15) is 17.3 Å². The van der Waals surface area contributed by atoms with E-state index < -0.39 is 34.3 Å². The molecule has 1 aliphatic carbocycles. The van der Waals surface area contributed by atoms with Crippen LogP contribution in [0.25, 0.3) is 0 Å². The number of para-hydroxylation sites is 2. The summed E-state index contributed by atoms with van der Waals surface area (Å²) in [5.74, 6) is -1.33. The molecular formula is C26H21F3N4O2. The van der Waals surface area contributed by atoms with E-state index in [1.54, 1.807) is 24.3 Å². The topological polar surface area (TPSA) is 99.2 Å². The second-order valence-electron chi connectivity index (χ2n) is 9.73. The van der Waals surface area contributed by atoms with Gasteiger partial charge in [-0.15, -0.1) is 0 Å². The number of carbonyl (C=O) groups is 2. The summed E-state index contributed by atoms with van der Waals surface area (Å²) >= 11 is 0. The smallest absolute Gasteiger partial charge is 0.384 e. The second kappa shape index (κ2) is 7.22. The van der Waals surface area contributed by atoms with Crippen molar-refractivity contribution in [3.05, 3.63) is 82.3 Å². The number of anilines is 2. The third kappa shape index (κ3) is 3.02. The number of fused-ring (bicyclic) bond motifs is 3. The molecule has 3 aliphatic rings. The predicted octanol–water partition coefficient (Wildman–Crippen LogP) is 4.75. The first-order valence-corrected chi connectivity index (χ1v) is 11.0. The van der Waals surface area contributed by atoms with Crippen LogP contribution < -0.4 is 16.0 Å². The molecule has 3 N–H and O–H groups in total.